The number of halogens is 4. The van der Waals surface area contributed by atoms with E-state index in [0.717, 1.165) is 17.7 Å². The normalized spacial score (nSPS) is 11.7. The molecule has 4 nitrogen and oxygen atoms in total. The molecule has 4 aromatic rings. The second-order valence-electron chi connectivity index (χ2n) is 6.30. The van der Waals surface area contributed by atoms with Crippen LogP contribution in [0.1, 0.15) is 16.7 Å². The van der Waals surface area contributed by atoms with Crippen LogP contribution < -0.4 is 5.56 Å². The summed E-state index contributed by atoms with van der Waals surface area (Å²) in [6.07, 6.45) is -2.59. The van der Waals surface area contributed by atoms with Crippen molar-refractivity contribution >= 4 is 22.9 Å². The first-order valence-corrected chi connectivity index (χ1v) is 9.74. The maximum atomic E-state index is 13.1. The second-order valence-corrected chi connectivity index (χ2v) is 7.61. The van der Waals surface area contributed by atoms with Crippen molar-refractivity contribution < 1.29 is 13.2 Å². The van der Waals surface area contributed by atoms with Crippen molar-refractivity contribution in [3.8, 4) is 16.4 Å². The predicted octanol–water partition coefficient (Wildman–Crippen LogP) is 5.55. The molecule has 1 N–H and O–H groups in total. The Morgan fingerprint density at radius 2 is 1.90 bits per heavy atom. The van der Waals surface area contributed by atoms with Gasteiger partial charge in [-0.05, 0) is 35.4 Å². The van der Waals surface area contributed by atoms with Crippen molar-refractivity contribution in [2.45, 2.75) is 12.6 Å². The highest BCUT2D eigenvalue weighted by molar-refractivity contribution is 7.12. The molecule has 0 aliphatic rings. The summed E-state index contributed by atoms with van der Waals surface area (Å²) < 4.78 is 40.0. The number of nitrogens with zero attached hydrogens (tertiary/aromatic N) is 2. The Kier molecular flexibility index (Phi) is 5.06. The summed E-state index contributed by atoms with van der Waals surface area (Å²) in [7, 11) is 0. The minimum Gasteiger partial charge on any atom is -0.288 e. The lowest BCUT2D eigenvalue weighted by atomic mass is 10.0. The molecule has 29 heavy (non-hydrogen) atoms. The average Bonchev–Trinajstić information content (AvgIpc) is 3.30. The first-order valence-electron chi connectivity index (χ1n) is 8.49. The molecule has 2 aromatic heterocycles. The Morgan fingerprint density at radius 1 is 1.14 bits per heavy atom. The van der Waals surface area contributed by atoms with Gasteiger partial charge >= 0.3 is 6.18 Å². The lowest BCUT2D eigenvalue weighted by molar-refractivity contribution is -0.137. The number of hydrogen-bond acceptors (Lipinski definition) is 3. The van der Waals surface area contributed by atoms with Crippen molar-refractivity contribution in [2.75, 3.05) is 0 Å². The van der Waals surface area contributed by atoms with Crippen molar-refractivity contribution in [3.05, 3.63) is 92.2 Å². The molecule has 0 radical (unpaired) electrons. The molecule has 2 heterocycles. The Labute approximate surface area is 172 Å². The van der Waals surface area contributed by atoms with Crippen LogP contribution >= 0.6 is 22.9 Å². The summed E-state index contributed by atoms with van der Waals surface area (Å²) in [6, 6.07) is 11.8. The monoisotopic (exact) mass is 435 g/mol. The number of H-pyrrole nitrogens is 1. The van der Waals surface area contributed by atoms with Crippen molar-refractivity contribution in [1.82, 2.24) is 14.8 Å². The first kappa shape index (κ1) is 19.5. The highest BCUT2D eigenvalue weighted by atomic mass is 35.5. The van der Waals surface area contributed by atoms with Crippen LogP contribution in [0, 0.1) is 0 Å². The Morgan fingerprint density at radius 3 is 2.52 bits per heavy atom. The van der Waals surface area contributed by atoms with Crippen LogP contribution in [0.4, 0.5) is 13.2 Å². The molecule has 9 heteroatoms. The largest absolute Gasteiger partial charge is 0.416 e. The minimum absolute atomic E-state index is 0.268. The van der Waals surface area contributed by atoms with E-state index < -0.39 is 11.7 Å². The van der Waals surface area contributed by atoms with E-state index in [1.807, 2.05) is 6.07 Å². The SMILES string of the molecule is O=c1c(Cc2cccc(Cl)c2)c(-c2ccc(C(F)(F)F)cc2)[nH]n1-c1nccs1. The molecule has 0 saturated carbocycles. The van der Waals surface area contributed by atoms with Gasteiger partial charge in [-0.3, -0.25) is 9.89 Å². The van der Waals surface area contributed by atoms with Gasteiger partial charge in [0.1, 0.15) is 0 Å². The number of rotatable bonds is 4. The fourth-order valence-corrected chi connectivity index (χ4v) is 3.82. The first-order chi connectivity index (χ1) is 13.8. The highest BCUT2D eigenvalue weighted by Gasteiger charge is 2.30. The summed E-state index contributed by atoms with van der Waals surface area (Å²) in [4.78, 5) is 17.2. The van der Waals surface area contributed by atoms with Crippen molar-refractivity contribution in [2.24, 2.45) is 0 Å². The van der Waals surface area contributed by atoms with Crippen LogP contribution in [-0.2, 0) is 12.6 Å². The van der Waals surface area contributed by atoms with Crippen LogP contribution in [0.15, 0.2) is 64.9 Å². The third kappa shape index (κ3) is 3.99. The van der Waals surface area contributed by atoms with E-state index >= 15 is 0 Å². The van der Waals surface area contributed by atoms with Crippen molar-refractivity contribution in [1.29, 1.82) is 0 Å². The van der Waals surface area contributed by atoms with E-state index in [4.69, 9.17) is 11.6 Å². The van der Waals surface area contributed by atoms with E-state index in [1.54, 1.807) is 29.8 Å². The standard InChI is InChI=1S/C20H13ClF3N3OS/c21-15-3-1-2-12(10-15)11-16-17(13-4-6-14(7-5-13)20(22,23)24)26-27(18(16)28)19-25-8-9-29-19/h1-10,26H,11H2. The summed E-state index contributed by atoms with van der Waals surface area (Å²) in [6.45, 7) is 0. The van der Waals surface area contributed by atoms with E-state index in [1.165, 1.54) is 28.2 Å². The molecular formula is C20H13ClF3N3OS. The topological polar surface area (TPSA) is 50.7 Å². The van der Waals surface area contributed by atoms with E-state index in [9.17, 15) is 18.0 Å². The second kappa shape index (κ2) is 7.53. The van der Waals surface area contributed by atoms with Gasteiger partial charge in [0.25, 0.3) is 5.56 Å². The minimum atomic E-state index is -4.43. The smallest absolute Gasteiger partial charge is 0.288 e. The van der Waals surface area contributed by atoms with Gasteiger partial charge in [-0.25, -0.2) is 4.98 Å². The van der Waals surface area contributed by atoms with Gasteiger partial charge < -0.3 is 0 Å². The fourth-order valence-electron chi connectivity index (χ4n) is 3.01. The number of benzene rings is 2. The maximum Gasteiger partial charge on any atom is 0.416 e. The van der Waals surface area contributed by atoms with Crippen LogP contribution in [0.2, 0.25) is 5.02 Å². The van der Waals surface area contributed by atoms with Crippen LogP contribution in [0.3, 0.4) is 0 Å². The summed E-state index contributed by atoms with van der Waals surface area (Å²) in [5, 5.41) is 5.71. The predicted molar refractivity (Wildman–Crippen MR) is 107 cm³/mol. The lowest BCUT2D eigenvalue weighted by Gasteiger charge is -2.08. The van der Waals surface area contributed by atoms with Gasteiger partial charge in [-0.2, -0.15) is 17.9 Å². The van der Waals surface area contributed by atoms with Crippen LogP contribution in [-0.4, -0.2) is 14.8 Å². The molecule has 0 unspecified atom stereocenters. The number of nitrogens with one attached hydrogen (secondary N) is 1. The zero-order valence-electron chi connectivity index (χ0n) is 14.7. The van der Waals surface area contributed by atoms with Crippen molar-refractivity contribution in [3.63, 3.8) is 0 Å². The Balaban J connectivity index is 1.83. The number of hydrogen-bond donors (Lipinski definition) is 1. The van der Waals surface area contributed by atoms with E-state index in [-0.39, 0.29) is 12.0 Å². The highest BCUT2D eigenvalue weighted by Crippen LogP contribution is 2.31. The molecule has 0 bridgehead atoms. The van der Waals surface area contributed by atoms with Gasteiger partial charge in [0, 0.05) is 28.6 Å². The summed E-state index contributed by atoms with van der Waals surface area (Å²) in [5.74, 6) is 0. The summed E-state index contributed by atoms with van der Waals surface area (Å²) >= 11 is 7.32. The molecule has 0 atom stereocenters. The average molecular weight is 436 g/mol. The zero-order valence-corrected chi connectivity index (χ0v) is 16.3. The molecule has 0 spiro atoms. The molecule has 148 valence electrons. The fraction of sp³-hybridized carbons (Fsp3) is 0.100. The lowest BCUT2D eigenvalue weighted by Crippen LogP contribution is -2.17. The number of aromatic nitrogens is 3. The zero-order chi connectivity index (χ0) is 20.6. The van der Waals surface area contributed by atoms with Crippen LogP contribution in [0.5, 0.6) is 0 Å². The molecule has 0 fully saturated rings. The number of thiazole rings is 1. The Hall–Kier alpha value is -2.84. The van der Waals surface area contributed by atoms with Gasteiger partial charge in [-0.1, -0.05) is 35.9 Å². The number of alkyl halides is 3. The quantitative estimate of drug-likeness (QED) is 0.456. The van der Waals surface area contributed by atoms with E-state index in [2.05, 4.69) is 10.1 Å². The third-order valence-electron chi connectivity index (χ3n) is 4.37. The van der Waals surface area contributed by atoms with Crippen LogP contribution in [0.25, 0.3) is 16.4 Å². The molecule has 0 amide bonds. The molecule has 0 aliphatic heterocycles. The maximum absolute atomic E-state index is 13.1. The van der Waals surface area contributed by atoms with E-state index in [0.29, 0.717) is 27.0 Å². The molecule has 0 saturated heterocycles. The van der Waals surface area contributed by atoms with Gasteiger partial charge in [0.05, 0.1) is 11.3 Å². The van der Waals surface area contributed by atoms with Gasteiger partial charge in [0.2, 0.25) is 5.13 Å². The molecule has 4 rings (SSSR count). The molecule has 0 aliphatic carbocycles. The number of aromatic amines is 1. The van der Waals surface area contributed by atoms with Gasteiger partial charge in [-0.15, -0.1) is 11.3 Å². The summed E-state index contributed by atoms with van der Waals surface area (Å²) in [5.41, 5.74) is 1.09. The third-order valence-corrected chi connectivity index (χ3v) is 5.36. The van der Waals surface area contributed by atoms with Gasteiger partial charge in [0.15, 0.2) is 0 Å². The Bertz CT molecular complexity index is 1200. The molecular weight excluding hydrogens is 423 g/mol. The molecule has 2 aromatic carbocycles.